The molecule has 2 N–H and O–H groups in total. The normalized spacial score (nSPS) is 17.0. The van der Waals surface area contributed by atoms with Gasteiger partial charge in [-0.3, -0.25) is 18.8 Å². The van der Waals surface area contributed by atoms with Crippen LogP contribution >= 0.6 is 0 Å². The third-order valence-corrected chi connectivity index (χ3v) is 8.10. The summed E-state index contributed by atoms with van der Waals surface area (Å²) in [6, 6.07) is 9.01. The zero-order valence-corrected chi connectivity index (χ0v) is 22.4. The molecule has 12 heteroatoms. The molecule has 1 amide bonds. The monoisotopic (exact) mass is 561 g/mol. The highest BCUT2D eigenvalue weighted by molar-refractivity contribution is 6.00. The highest BCUT2D eigenvalue weighted by Gasteiger charge is 2.31. The van der Waals surface area contributed by atoms with E-state index in [-0.39, 0.29) is 40.3 Å². The van der Waals surface area contributed by atoms with Crippen LogP contribution in [0.1, 0.15) is 44.0 Å². The zero-order chi connectivity index (χ0) is 28.2. The number of hydrogen-bond acceptors (Lipinski definition) is 7. The number of alkyl halides is 2. The van der Waals surface area contributed by atoms with Crippen molar-refractivity contribution in [2.24, 2.45) is 5.92 Å². The lowest BCUT2D eigenvalue weighted by Gasteiger charge is -2.32. The molecule has 0 radical (unpaired) electrons. The Morgan fingerprint density at radius 2 is 1.90 bits per heavy atom. The molecule has 41 heavy (non-hydrogen) atoms. The molecule has 4 aromatic rings. The first-order chi connectivity index (χ1) is 19.9. The number of benzene rings is 1. The Morgan fingerprint density at radius 1 is 1.10 bits per heavy atom. The average Bonchev–Trinajstić information content (AvgIpc) is 3.73. The minimum Gasteiger partial charge on any atom is -0.381 e. The van der Waals surface area contributed by atoms with Crippen LogP contribution in [0.3, 0.4) is 0 Å². The molecule has 1 aromatic carbocycles. The number of amides is 1. The third-order valence-electron chi connectivity index (χ3n) is 8.10. The summed E-state index contributed by atoms with van der Waals surface area (Å²) in [5, 5.41) is 10.9. The van der Waals surface area contributed by atoms with Crippen molar-refractivity contribution in [3.63, 3.8) is 0 Å². The summed E-state index contributed by atoms with van der Waals surface area (Å²) >= 11 is 0. The molecule has 212 valence electrons. The van der Waals surface area contributed by atoms with E-state index in [2.05, 4.69) is 25.2 Å². The van der Waals surface area contributed by atoms with Gasteiger partial charge in [0, 0.05) is 49.6 Å². The summed E-state index contributed by atoms with van der Waals surface area (Å²) in [4.78, 5) is 32.2. The maximum absolute atomic E-state index is 13.7. The molecule has 1 saturated heterocycles. The Hall–Kier alpha value is -4.32. The lowest BCUT2D eigenvalue weighted by atomic mass is 9.97. The summed E-state index contributed by atoms with van der Waals surface area (Å²) in [6.07, 6.45) is 6.39. The second kappa shape index (κ2) is 9.95. The molecule has 1 aliphatic carbocycles. The molecule has 0 spiro atoms. The summed E-state index contributed by atoms with van der Waals surface area (Å²) in [5.41, 5.74) is 4.34. The van der Waals surface area contributed by atoms with Gasteiger partial charge >= 0.3 is 6.55 Å². The highest BCUT2D eigenvalue weighted by Crippen LogP contribution is 2.45. The molecule has 10 nitrogen and oxygen atoms in total. The predicted octanol–water partition coefficient (Wildman–Crippen LogP) is 5.05. The van der Waals surface area contributed by atoms with E-state index in [0.29, 0.717) is 16.8 Å². The van der Waals surface area contributed by atoms with Gasteiger partial charge in [0.25, 0.3) is 5.56 Å². The average molecular weight is 562 g/mol. The standard InChI is InChI=1S/C29H29F2N7O3/c1-36-15-23-19(14-32-38(23)17-8-11-41-12-9-17)18-3-2-4-21(26(18)36)33-22-13-24(35-27(39)16-5-6-16)34-20-7-10-37(29(30)31)28(40)25(20)22/h2-4,7,10,13-14,16-17,29H,5-6,8-9,11-12,15H2,1H3,(H2,33,34,35,39). The molecule has 1 saturated carbocycles. The van der Waals surface area contributed by atoms with Crippen LogP contribution in [-0.4, -0.2) is 45.5 Å². The van der Waals surface area contributed by atoms with Crippen molar-refractivity contribution < 1.29 is 18.3 Å². The molecule has 0 unspecified atom stereocenters. The Bertz CT molecular complexity index is 1720. The minimum atomic E-state index is -3.00. The zero-order valence-electron chi connectivity index (χ0n) is 22.4. The van der Waals surface area contributed by atoms with Gasteiger partial charge in [0.15, 0.2) is 0 Å². The van der Waals surface area contributed by atoms with Gasteiger partial charge in [-0.05, 0) is 37.8 Å². The van der Waals surface area contributed by atoms with Gasteiger partial charge in [0.2, 0.25) is 5.91 Å². The lowest BCUT2D eigenvalue weighted by Crippen LogP contribution is -2.28. The van der Waals surface area contributed by atoms with Gasteiger partial charge in [-0.2, -0.15) is 13.9 Å². The van der Waals surface area contributed by atoms with E-state index in [1.165, 1.54) is 12.1 Å². The van der Waals surface area contributed by atoms with Crippen molar-refractivity contribution in [1.82, 2.24) is 19.3 Å². The minimum absolute atomic E-state index is 0.0151. The summed E-state index contributed by atoms with van der Waals surface area (Å²) in [7, 11) is 1.99. The number of fused-ring (bicyclic) bond motifs is 4. The number of nitrogens with one attached hydrogen (secondary N) is 2. The molecular weight excluding hydrogens is 532 g/mol. The van der Waals surface area contributed by atoms with Crippen LogP contribution in [0.15, 0.2) is 47.5 Å². The number of carbonyl (C=O) groups is 1. The number of rotatable bonds is 6. The topological polar surface area (TPSA) is 106 Å². The van der Waals surface area contributed by atoms with E-state index >= 15 is 0 Å². The molecular formula is C29H29F2N7O3. The summed E-state index contributed by atoms with van der Waals surface area (Å²) in [5.74, 6) is 0.0562. The molecule has 0 bridgehead atoms. The highest BCUT2D eigenvalue weighted by atomic mass is 19.3. The predicted molar refractivity (Wildman–Crippen MR) is 151 cm³/mol. The van der Waals surface area contributed by atoms with Crippen molar-refractivity contribution in [1.29, 1.82) is 0 Å². The Morgan fingerprint density at radius 3 is 2.66 bits per heavy atom. The van der Waals surface area contributed by atoms with Crippen molar-refractivity contribution in [2.75, 3.05) is 35.8 Å². The van der Waals surface area contributed by atoms with Gasteiger partial charge < -0.3 is 20.3 Å². The van der Waals surface area contributed by atoms with Crippen LogP contribution in [0.25, 0.3) is 22.0 Å². The van der Waals surface area contributed by atoms with E-state index < -0.39 is 12.1 Å². The first-order valence-corrected chi connectivity index (χ1v) is 13.8. The fraction of sp³-hybridized carbons (Fsp3) is 0.379. The quantitative estimate of drug-likeness (QED) is 0.339. The number of pyridine rings is 2. The number of para-hydroxylation sites is 1. The maximum Gasteiger partial charge on any atom is 0.321 e. The number of aromatic nitrogens is 4. The third kappa shape index (κ3) is 4.51. The fourth-order valence-electron chi connectivity index (χ4n) is 5.88. The maximum atomic E-state index is 13.7. The van der Waals surface area contributed by atoms with Crippen LogP contribution in [-0.2, 0) is 16.1 Å². The molecule has 2 fully saturated rings. The summed E-state index contributed by atoms with van der Waals surface area (Å²) < 4.78 is 35.4. The van der Waals surface area contributed by atoms with E-state index in [9.17, 15) is 18.4 Å². The number of anilines is 4. The largest absolute Gasteiger partial charge is 0.381 e. The first-order valence-electron chi connectivity index (χ1n) is 13.8. The molecule has 2 aliphatic heterocycles. The van der Waals surface area contributed by atoms with Crippen LogP contribution in [0.2, 0.25) is 0 Å². The summed E-state index contributed by atoms with van der Waals surface area (Å²) in [6.45, 7) is -0.946. The van der Waals surface area contributed by atoms with E-state index in [4.69, 9.17) is 9.84 Å². The molecule has 0 atom stereocenters. The molecule has 3 aliphatic rings. The van der Waals surface area contributed by atoms with E-state index in [1.54, 1.807) is 0 Å². The SMILES string of the molecule is CN1Cc2c(cnn2C2CCOCC2)-c2cccc(Nc3cc(NC(=O)C4CC4)nc4ccn(C(F)F)c(=O)c34)c21. The number of halogens is 2. The fourth-order valence-corrected chi connectivity index (χ4v) is 5.88. The van der Waals surface area contributed by atoms with E-state index in [1.807, 2.05) is 31.4 Å². The van der Waals surface area contributed by atoms with Gasteiger partial charge in [0.05, 0.1) is 52.4 Å². The Kier molecular flexibility index (Phi) is 6.22. The molecule has 7 rings (SSSR count). The van der Waals surface area contributed by atoms with Crippen LogP contribution in [0.4, 0.5) is 31.7 Å². The van der Waals surface area contributed by atoms with Crippen molar-refractivity contribution in [3.8, 4) is 11.1 Å². The van der Waals surface area contributed by atoms with Gasteiger partial charge in [-0.1, -0.05) is 12.1 Å². The molecule has 5 heterocycles. The van der Waals surface area contributed by atoms with Gasteiger partial charge in [-0.15, -0.1) is 0 Å². The second-order valence-corrected chi connectivity index (χ2v) is 10.9. The van der Waals surface area contributed by atoms with Crippen molar-refractivity contribution in [2.45, 2.75) is 44.8 Å². The van der Waals surface area contributed by atoms with Crippen LogP contribution in [0.5, 0.6) is 0 Å². The van der Waals surface area contributed by atoms with Crippen molar-refractivity contribution in [3.05, 3.63) is 58.8 Å². The van der Waals surface area contributed by atoms with Gasteiger partial charge in [0.1, 0.15) is 5.82 Å². The Labute approximate surface area is 233 Å². The number of ether oxygens (including phenoxy) is 1. The number of hydrogen-bond donors (Lipinski definition) is 2. The number of nitrogens with zero attached hydrogens (tertiary/aromatic N) is 5. The molecule has 3 aromatic heterocycles. The van der Waals surface area contributed by atoms with Crippen LogP contribution in [0, 0.1) is 5.92 Å². The Balaban J connectivity index is 1.32. The van der Waals surface area contributed by atoms with Crippen LogP contribution < -0.4 is 21.1 Å². The first kappa shape index (κ1) is 25.6. The lowest BCUT2D eigenvalue weighted by molar-refractivity contribution is -0.117. The smallest absolute Gasteiger partial charge is 0.321 e. The van der Waals surface area contributed by atoms with Crippen molar-refractivity contribution >= 4 is 39.7 Å². The van der Waals surface area contributed by atoms with Gasteiger partial charge in [-0.25, -0.2) is 4.98 Å². The second-order valence-electron chi connectivity index (χ2n) is 10.9. The number of carbonyl (C=O) groups excluding carboxylic acids is 1. The van der Waals surface area contributed by atoms with E-state index in [0.717, 1.165) is 67.6 Å².